The van der Waals surface area contributed by atoms with Crippen LogP contribution in [-0.2, 0) is 9.59 Å². The van der Waals surface area contributed by atoms with E-state index in [9.17, 15) is 14.4 Å². The standard InChI is InChI=1S/C27H31N3O3/c1-16(2)30-23-12-17(3)19(13-21(23)18(4)15-27(30,5)6)14-22-24(31)28-26(33)29(25(22)32)20-10-8-7-9-11-20/h7-14,16,18H,15H2,1-6H3,(H,28,31,33)/b22-14+/t18-/m0/s1. The Kier molecular flexibility index (Phi) is 5.64. The minimum Gasteiger partial charge on any atom is -0.364 e. The third-order valence-corrected chi connectivity index (χ3v) is 6.60. The van der Waals surface area contributed by atoms with E-state index in [-0.39, 0.29) is 11.1 Å². The molecule has 1 N–H and O–H groups in total. The summed E-state index contributed by atoms with van der Waals surface area (Å²) in [6.45, 7) is 13.2. The van der Waals surface area contributed by atoms with Gasteiger partial charge in [-0.05, 0) is 94.0 Å². The molecule has 2 aromatic rings. The van der Waals surface area contributed by atoms with Crippen LogP contribution in [0.4, 0.5) is 16.2 Å². The van der Waals surface area contributed by atoms with Crippen LogP contribution in [0.5, 0.6) is 0 Å². The Morgan fingerprint density at radius 1 is 1.09 bits per heavy atom. The van der Waals surface area contributed by atoms with Crippen molar-refractivity contribution in [2.75, 3.05) is 9.80 Å². The molecule has 0 radical (unpaired) electrons. The minimum atomic E-state index is -0.737. The third-order valence-electron chi connectivity index (χ3n) is 6.60. The number of barbiturate groups is 1. The van der Waals surface area contributed by atoms with Gasteiger partial charge in [0.15, 0.2) is 0 Å². The normalized spacial score (nSPS) is 21.5. The smallest absolute Gasteiger partial charge is 0.335 e. The number of anilines is 2. The fraction of sp³-hybridized carbons (Fsp3) is 0.370. The number of nitrogens with one attached hydrogen (secondary N) is 1. The Hall–Kier alpha value is -3.41. The van der Waals surface area contributed by atoms with Crippen molar-refractivity contribution in [2.24, 2.45) is 0 Å². The number of rotatable bonds is 3. The molecule has 33 heavy (non-hydrogen) atoms. The Morgan fingerprint density at radius 3 is 2.39 bits per heavy atom. The second kappa shape index (κ2) is 8.18. The second-order valence-electron chi connectivity index (χ2n) is 9.94. The van der Waals surface area contributed by atoms with Gasteiger partial charge in [0.25, 0.3) is 11.8 Å². The van der Waals surface area contributed by atoms with Crippen LogP contribution in [0.1, 0.15) is 63.6 Å². The average molecular weight is 446 g/mol. The number of aryl methyl sites for hydroxylation is 1. The van der Waals surface area contributed by atoms with Crippen molar-refractivity contribution >= 4 is 35.3 Å². The first kappa shape index (κ1) is 22.8. The first-order valence-electron chi connectivity index (χ1n) is 11.4. The maximum absolute atomic E-state index is 13.2. The van der Waals surface area contributed by atoms with Crippen molar-refractivity contribution < 1.29 is 14.4 Å². The zero-order valence-corrected chi connectivity index (χ0v) is 20.1. The third kappa shape index (κ3) is 3.94. The van der Waals surface area contributed by atoms with E-state index in [0.717, 1.165) is 22.4 Å². The first-order valence-corrected chi connectivity index (χ1v) is 11.4. The molecule has 172 valence electrons. The van der Waals surface area contributed by atoms with Crippen LogP contribution in [0.3, 0.4) is 0 Å². The van der Waals surface area contributed by atoms with Gasteiger partial charge in [0.2, 0.25) is 0 Å². The van der Waals surface area contributed by atoms with Gasteiger partial charge in [0.05, 0.1) is 5.69 Å². The zero-order chi connectivity index (χ0) is 24.1. The molecule has 0 saturated carbocycles. The van der Waals surface area contributed by atoms with Gasteiger partial charge in [0, 0.05) is 17.3 Å². The maximum Gasteiger partial charge on any atom is 0.335 e. The Bertz CT molecular complexity index is 1160. The van der Waals surface area contributed by atoms with Crippen LogP contribution in [-0.4, -0.2) is 29.4 Å². The summed E-state index contributed by atoms with van der Waals surface area (Å²) in [5, 5.41) is 2.30. The lowest BCUT2D eigenvalue weighted by molar-refractivity contribution is -0.122. The van der Waals surface area contributed by atoms with Crippen molar-refractivity contribution in [3.05, 3.63) is 64.7 Å². The van der Waals surface area contributed by atoms with E-state index in [1.165, 1.54) is 11.3 Å². The Labute approximate surface area is 195 Å². The number of urea groups is 1. The fourth-order valence-corrected chi connectivity index (χ4v) is 5.37. The number of fused-ring (bicyclic) bond motifs is 1. The van der Waals surface area contributed by atoms with Crippen LogP contribution in [0.2, 0.25) is 0 Å². The van der Waals surface area contributed by atoms with Gasteiger partial charge in [-0.1, -0.05) is 25.1 Å². The molecule has 0 unspecified atom stereocenters. The van der Waals surface area contributed by atoms with Crippen LogP contribution < -0.4 is 15.1 Å². The molecule has 4 rings (SSSR count). The number of nitrogens with zero attached hydrogens (tertiary/aromatic N) is 2. The highest BCUT2D eigenvalue weighted by Crippen LogP contribution is 2.45. The molecular formula is C27H31N3O3. The first-order chi connectivity index (χ1) is 15.5. The number of amides is 4. The lowest BCUT2D eigenvalue weighted by Crippen LogP contribution is -2.54. The van der Waals surface area contributed by atoms with Gasteiger partial charge in [-0.2, -0.15) is 0 Å². The summed E-state index contributed by atoms with van der Waals surface area (Å²) >= 11 is 0. The van der Waals surface area contributed by atoms with Crippen molar-refractivity contribution in [2.45, 2.75) is 65.5 Å². The average Bonchev–Trinajstić information content (AvgIpc) is 2.71. The highest BCUT2D eigenvalue weighted by atomic mass is 16.2. The molecule has 2 heterocycles. The molecule has 2 aliphatic heterocycles. The van der Waals surface area contributed by atoms with Gasteiger partial charge in [-0.25, -0.2) is 9.69 Å². The van der Waals surface area contributed by atoms with Crippen LogP contribution in [0.15, 0.2) is 48.0 Å². The molecule has 0 bridgehead atoms. The van der Waals surface area contributed by atoms with Gasteiger partial charge < -0.3 is 4.90 Å². The number of para-hydroxylation sites is 1. The quantitative estimate of drug-likeness (QED) is 0.523. The largest absolute Gasteiger partial charge is 0.364 e. The number of carbonyl (C=O) groups excluding carboxylic acids is 3. The summed E-state index contributed by atoms with van der Waals surface area (Å²) in [4.78, 5) is 41.7. The number of benzene rings is 2. The summed E-state index contributed by atoms with van der Waals surface area (Å²) in [5.74, 6) is -0.960. The summed E-state index contributed by atoms with van der Waals surface area (Å²) in [7, 11) is 0. The second-order valence-corrected chi connectivity index (χ2v) is 9.94. The Morgan fingerprint density at radius 2 is 1.76 bits per heavy atom. The van der Waals surface area contributed by atoms with E-state index in [1.807, 2.05) is 6.92 Å². The lowest BCUT2D eigenvalue weighted by atomic mass is 9.78. The molecule has 2 aliphatic rings. The van der Waals surface area contributed by atoms with Crippen molar-refractivity contribution in [3.8, 4) is 0 Å². The molecular weight excluding hydrogens is 414 g/mol. The van der Waals surface area contributed by atoms with Crippen LogP contribution >= 0.6 is 0 Å². The molecule has 6 nitrogen and oxygen atoms in total. The summed E-state index contributed by atoms with van der Waals surface area (Å²) in [5.41, 5.74) is 4.59. The predicted molar refractivity (Wildman–Crippen MR) is 131 cm³/mol. The van der Waals surface area contributed by atoms with Crippen molar-refractivity contribution in [1.29, 1.82) is 0 Å². The molecule has 1 atom stereocenters. The fourth-order valence-electron chi connectivity index (χ4n) is 5.37. The molecule has 4 amide bonds. The van der Waals surface area contributed by atoms with E-state index in [1.54, 1.807) is 36.4 Å². The van der Waals surface area contributed by atoms with E-state index in [2.05, 4.69) is 57.0 Å². The zero-order valence-electron chi connectivity index (χ0n) is 20.1. The van der Waals surface area contributed by atoms with E-state index < -0.39 is 17.8 Å². The maximum atomic E-state index is 13.2. The predicted octanol–water partition coefficient (Wildman–Crippen LogP) is 5.16. The molecule has 0 spiro atoms. The van der Waals surface area contributed by atoms with Gasteiger partial charge in [-0.3, -0.25) is 14.9 Å². The minimum absolute atomic E-state index is 0.0305. The highest BCUT2D eigenvalue weighted by molar-refractivity contribution is 6.39. The number of imide groups is 2. The summed E-state index contributed by atoms with van der Waals surface area (Å²) in [6, 6.07) is 12.5. The van der Waals surface area contributed by atoms with Crippen LogP contribution in [0, 0.1) is 6.92 Å². The monoisotopic (exact) mass is 445 g/mol. The summed E-state index contributed by atoms with van der Waals surface area (Å²) in [6.07, 6.45) is 2.62. The molecule has 6 heteroatoms. The SMILES string of the molecule is Cc1cc2c(cc1/C=C1\C(=O)NC(=O)N(c3ccccc3)C1=O)[C@@H](C)CC(C)(C)N2C(C)C. The number of hydrogen-bond acceptors (Lipinski definition) is 4. The van der Waals surface area contributed by atoms with Gasteiger partial charge in [0.1, 0.15) is 5.57 Å². The van der Waals surface area contributed by atoms with Crippen molar-refractivity contribution in [3.63, 3.8) is 0 Å². The molecule has 1 saturated heterocycles. The number of carbonyl (C=O) groups is 3. The van der Waals surface area contributed by atoms with Crippen LogP contribution in [0.25, 0.3) is 6.08 Å². The molecule has 0 aromatic heterocycles. The van der Waals surface area contributed by atoms with Gasteiger partial charge >= 0.3 is 6.03 Å². The molecule has 2 aromatic carbocycles. The lowest BCUT2D eigenvalue weighted by Gasteiger charge is -2.50. The topological polar surface area (TPSA) is 69.7 Å². The molecule has 0 aliphatic carbocycles. The van der Waals surface area contributed by atoms with Crippen molar-refractivity contribution in [1.82, 2.24) is 5.32 Å². The Balaban J connectivity index is 1.79. The highest BCUT2D eigenvalue weighted by Gasteiger charge is 2.39. The van der Waals surface area contributed by atoms with E-state index in [4.69, 9.17) is 0 Å². The summed E-state index contributed by atoms with van der Waals surface area (Å²) < 4.78 is 0. The number of hydrogen-bond donors (Lipinski definition) is 1. The van der Waals surface area contributed by atoms with E-state index >= 15 is 0 Å². The molecule has 1 fully saturated rings. The van der Waals surface area contributed by atoms with Gasteiger partial charge in [-0.15, -0.1) is 0 Å². The van der Waals surface area contributed by atoms with E-state index in [0.29, 0.717) is 17.6 Å².